The van der Waals surface area contributed by atoms with Crippen molar-refractivity contribution in [2.75, 3.05) is 6.54 Å². The third-order valence-corrected chi connectivity index (χ3v) is 4.51. The molecule has 4 nitrogen and oxygen atoms in total. The number of piperidine rings is 1. The topological polar surface area (TPSA) is 64.3 Å². The van der Waals surface area contributed by atoms with Gasteiger partial charge in [0.05, 0.1) is 5.56 Å². The van der Waals surface area contributed by atoms with Crippen LogP contribution in [0.1, 0.15) is 49.0 Å². The van der Waals surface area contributed by atoms with E-state index in [4.69, 9.17) is 5.26 Å². The highest BCUT2D eigenvalue weighted by Crippen LogP contribution is 2.38. The Morgan fingerprint density at radius 2 is 2.32 bits per heavy atom. The lowest BCUT2D eigenvalue weighted by molar-refractivity contribution is 0.0287. The largest absolute Gasteiger partial charge is 0.507 e. The zero-order valence-corrected chi connectivity index (χ0v) is 13.2. The smallest absolute Gasteiger partial charge is 0.254 e. The number of amides is 1. The molecule has 22 heavy (non-hydrogen) atoms. The molecule has 0 aliphatic carbocycles. The van der Waals surface area contributed by atoms with Gasteiger partial charge in [0.1, 0.15) is 11.8 Å². The SMILES string of the molecule is C=CCC1N(C(=O)c2ccc(C#N)c(O)c2)CCCC1(C)C. The first-order valence-corrected chi connectivity index (χ1v) is 7.55. The number of nitriles is 1. The molecule has 1 aliphatic heterocycles. The summed E-state index contributed by atoms with van der Waals surface area (Å²) in [6.45, 7) is 8.87. The number of hydrogen-bond acceptors (Lipinski definition) is 3. The minimum absolute atomic E-state index is 0.0384. The molecular weight excluding hydrogens is 276 g/mol. The van der Waals surface area contributed by atoms with E-state index in [1.807, 2.05) is 17.0 Å². The predicted molar refractivity (Wildman–Crippen MR) is 85.5 cm³/mol. The van der Waals surface area contributed by atoms with Crippen molar-refractivity contribution in [2.24, 2.45) is 5.41 Å². The van der Waals surface area contributed by atoms with E-state index in [1.165, 1.54) is 12.1 Å². The molecule has 1 atom stereocenters. The fourth-order valence-corrected chi connectivity index (χ4v) is 3.22. The highest BCUT2D eigenvalue weighted by molar-refractivity contribution is 5.95. The summed E-state index contributed by atoms with van der Waals surface area (Å²) in [7, 11) is 0. The molecule has 1 unspecified atom stereocenters. The molecule has 0 spiro atoms. The minimum Gasteiger partial charge on any atom is -0.507 e. The van der Waals surface area contributed by atoms with Gasteiger partial charge in [-0.05, 0) is 42.9 Å². The van der Waals surface area contributed by atoms with Crippen molar-refractivity contribution >= 4 is 5.91 Å². The number of benzene rings is 1. The number of hydrogen-bond donors (Lipinski definition) is 1. The molecule has 2 rings (SSSR count). The second kappa shape index (κ2) is 6.23. The van der Waals surface area contributed by atoms with E-state index >= 15 is 0 Å². The first-order valence-electron chi connectivity index (χ1n) is 7.55. The van der Waals surface area contributed by atoms with Crippen molar-refractivity contribution in [3.8, 4) is 11.8 Å². The zero-order chi connectivity index (χ0) is 16.3. The minimum atomic E-state index is -0.148. The lowest BCUT2D eigenvalue weighted by atomic mass is 9.75. The summed E-state index contributed by atoms with van der Waals surface area (Å²) < 4.78 is 0. The summed E-state index contributed by atoms with van der Waals surface area (Å²) in [5.41, 5.74) is 0.637. The normalized spacial score (nSPS) is 20.2. The second-order valence-electron chi connectivity index (χ2n) is 6.47. The highest BCUT2D eigenvalue weighted by atomic mass is 16.3. The Balaban J connectivity index is 2.32. The van der Waals surface area contributed by atoms with Crippen molar-refractivity contribution in [3.63, 3.8) is 0 Å². The molecule has 1 aromatic carbocycles. The molecule has 1 aliphatic rings. The van der Waals surface area contributed by atoms with E-state index in [0.717, 1.165) is 19.3 Å². The van der Waals surface area contributed by atoms with E-state index in [-0.39, 0.29) is 28.7 Å². The van der Waals surface area contributed by atoms with Gasteiger partial charge in [-0.1, -0.05) is 19.9 Å². The van der Waals surface area contributed by atoms with Crippen LogP contribution < -0.4 is 0 Å². The summed E-state index contributed by atoms with van der Waals surface area (Å²) >= 11 is 0. The fraction of sp³-hybridized carbons (Fsp3) is 0.444. The summed E-state index contributed by atoms with van der Waals surface area (Å²) in [5.74, 6) is -0.246. The maximum atomic E-state index is 12.8. The lowest BCUT2D eigenvalue weighted by Crippen LogP contribution is -2.52. The van der Waals surface area contributed by atoms with Gasteiger partial charge in [0, 0.05) is 18.2 Å². The van der Waals surface area contributed by atoms with Crippen LogP contribution in [-0.2, 0) is 0 Å². The van der Waals surface area contributed by atoms with Gasteiger partial charge in [-0.3, -0.25) is 4.79 Å². The van der Waals surface area contributed by atoms with Gasteiger partial charge in [-0.15, -0.1) is 6.58 Å². The number of phenolic OH excluding ortho intramolecular Hbond substituents is 1. The van der Waals surface area contributed by atoms with Crippen LogP contribution >= 0.6 is 0 Å². The standard InChI is InChI=1S/C18H22N2O2/c1-4-6-16-18(2,3)9-5-10-20(16)17(22)13-7-8-14(12-19)15(21)11-13/h4,7-8,11,16,21H,1,5-6,9-10H2,2-3H3. The number of nitrogens with zero attached hydrogens (tertiary/aromatic N) is 2. The van der Waals surface area contributed by atoms with Crippen molar-refractivity contribution < 1.29 is 9.90 Å². The Kier molecular flexibility index (Phi) is 4.56. The van der Waals surface area contributed by atoms with E-state index < -0.39 is 0 Å². The van der Waals surface area contributed by atoms with Crippen molar-refractivity contribution in [2.45, 2.75) is 39.2 Å². The number of phenols is 1. The van der Waals surface area contributed by atoms with Crippen LogP contribution in [0.15, 0.2) is 30.9 Å². The van der Waals surface area contributed by atoms with Gasteiger partial charge in [0.25, 0.3) is 5.91 Å². The average molecular weight is 298 g/mol. The molecule has 1 N–H and O–H groups in total. The Bertz CT molecular complexity index is 628. The monoisotopic (exact) mass is 298 g/mol. The number of carbonyl (C=O) groups excluding carboxylic acids is 1. The molecule has 4 heteroatoms. The maximum absolute atomic E-state index is 12.8. The zero-order valence-electron chi connectivity index (χ0n) is 13.2. The molecule has 116 valence electrons. The van der Waals surface area contributed by atoms with E-state index in [9.17, 15) is 9.90 Å². The fourth-order valence-electron chi connectivity index (χ4n) is 3.22. The lowest BCUT2D eigenvalue weighted by Gasteiger charge is -2.46. The number of carbonyl (C=O) groups is 1. The molecule has 0 saturated carbocycles. The summed E-state index contributed by atoms with van der Waals surface area (Å²) in [6.07, 6.45) is 4.65. The van der Waals surface area contributed by atoms with Crippen molar-refractivity contribution in [1.82, 2.24) is 4.90 Å². The average Bonchev–Trinajstić information content (AvgIpc) is 2.48. The Morgan fingerprint density at radius 3 is 2.91 bits per heavy atom. The van der Waals surface area contributed by atoms with Gasteiger partial charge in [-0.25, -0.2) is 0 Å². The van der Waals surface area contributed by atoms with E-state index in [1.54, 1.807) is 6.07 Å². The van der Waals surface area contributed by atoms with Crippen LogP contribution in [0, 0.1) is 16.7 Å². The van der Waals surface area contributed by atoms with E-state index in [0.29, 0.717) is 12.1 Å². The van der Waals surface area contributed by atoms with Crippen LogP contribution in [0.5, 0.6) is 5.75 Å². The third-order valence-electron chi connectivity index (χ3n) is 4.51. The van der Waals surface area contributed by atoms with Gasteiger partial charge in [-0.2, -0.15) is 5.26 Å². The Morgan fingerprint density at radius 1 is 1.59 bits per heavy atom. The van der Waals surface area contributed by atoms with E-state index in [2.05, 4.69) is 20.4 Å². The first-order chi connectivity index (χ1) is 10.4. The molecule has 1 fully saturated rings. The number of likely N-dealkylation sites (tertiary alicyclic amines) is 1. The second-order valence-corrected chi connectivity index (χ2v) is 6.47. The molecule has 0 bridgehead atoms. The molecule has 0 aromatic heterocycles. The van der Waals surface area contributed by atoms with Crippen LogP contribution in [0.4, 0.5) is 0 Å². The Labute approximate surface area is 131 Å². The highest BCUT2D eigenvalue weighted by Gasteiger charge is 2.39. The van der Waals surface area contributed by atoms with Crippen LogP contribution in [-0.4, -0.2) is 28.5 Å². The third kappa shape index (κ3) is 2.99. The maximum Gasteiger partial charge on any atom is 0.254 e. The molecule has 1 amide bonds. The molecule has 0 radical (unpaired) electrons. The number of aromatic hydroxyl groups is 1. The Hall–Kier alpha value is -2.28. The summed E-state index contributed by atoms with van der Waals surface area (Å²) in [4.78, 5) is 14.7. The van der Waals surface area contributed by atoms with Crippen LogP contribution in [0.2, 0.25) is 0 Å². The van der Waals surface area contributed by atoms with Gasteiger partial charge in [0.15, 0.2) is 0 Å². The van der Waals surface area contributed by atoms with Gasteiger partial charge >= 0.3 is 0 Å². The van der Waals surface area contributed by atoms with Crippen molar-refractivity contribution in [3.05, 3.63) is 42.0 Å². The van der Waals surface area contributed by atoms with Crippen LogP contribution in [0.25, 0.3) is 0 Å². The molecule has 1 heterocycles. The van der Waals surface area contributed by atoms with Gasteiger partial charge < -0.3 is 10.0 Å². The van der Waals surface area contributed by atoms with Crippen LogP contribution in [0.3, 0.4) is 0 Å². The first kappa shape index (κ1) is 16.1. The quantitative estimate of drug-likeness (QED) is 0.869. The molecule has 1 aromatic rings. The van der Waals surface area contributed by atoms with Crippen molar-refractivity contribution in [1.29, 1.82) is 5.26 Å². The van der Waals surface area contributed by atoms with Gasteiger partial charge in [0.2, 0.25) is 0 Å². The predicted octanol–water partition coefficient (Wildman–Crippen LogP) is 3.47. The summed E-state index contributed by atoms with van der Waals surface area (Å²) in [6, 6.07) is 6.47. The number of rotatable bonds is 3. The summed E-state index contributed by atoms with van der Waals surface area (Å²) in [5, 5.41) is 18.7. The molecular formula is C18H22N2O2. The molecule has 1 saturated heterocycles.